The van der Waals surface area contributed by atoms with Gasteiger partial charge in [-0.1, -0.05) is 49.9 Å². The molecule has 32 heavy (non-hydrogen) atoms. The molecule has 0 saturated carbocycles. The molecule has 1 N–H and O–H groups in total. The largest absolute Gasteiger partial charge is 0.325 e. The Morgan fingerprint density at radius 1 is 1.09 bits per heavy atom. The Morgan fingerprint density at radius 2 is 1.81 bits per heavy atom. The third kappa shape index (κ3) is 5.37. The van der Waals surface area contributed by atoms with E-state index in [-0.39, 0.29) is 16.6 Å². The van der Waals surface area contributed by atoms with Crippen LogP contribution in [0.5, 0.6) is 0 Å². The highest BCUT2D eigenvalue weighted by Gasteiger charge is 2.23. The molecule has 0 spiro atoms. The van der Waals surface area contributed by atoms with Crippen molar-refractivity contribution in [3.63, 3.8) is 0 Å². The van der Waals surface area contributed by atoms with E-state index in [0.29, 0.717) is 29.6 Å². The van der Waals surface area contributed by atoms with Crippen LogP contribution in [-0.2, 0) is 21.9 Å². The third-order valence-corrected chi connectivity index (χ3v) is 7.97. The van der Waals surface area contributed by atoms with Crippen LogP contribution in [0.4, 0.5) is 5.69 Å². The molecule has 0 aliphatic rings. The van der Waals surface area contributed by atoms with Gasteiger partial charge in [0.25, 0.3) is 0 Å². The third-order valence-electron chi connectivity index (χ3n) is 4.90. The first-order chi connectivity index (χ1) is 15.3. The number of carbonyl (C=O) groups excluding carboxylic acids is 1. The van der Waals surface area contributed by atoms with E-state index in [0.717, 1.165) is 11.3 Å². The number of aromatic nitrogens is 3. The van der Waals surface area contributed by atoms with Gasteiger partial charge in [0.1, 0.15) is 0 Å². The Labute approximate surface area is 193 Å². The lowest BCUT2D eigenvalue weighted by Gasteiger charge is -2.18. The number of thioether (sulfide) groups is 1. The molecule has 0 aliphatic carbocycles. The lowest BCUT2D eigenvalue weighted by Crippen LogP contribution is -2.30. The zero-order valence-electron chi connectivity index (χ0n) is 18.6. The van der Waals surface area contributed by atoms with Crippen LogP contribution < -0.4 is 5.32 Å². The lowest BCUT2D eigenvalue weighted by atomic mass is 10.2. The quantitative estimate of drug-likeness (QED) is 0.478. The number of carbonyl (C=O) groups is 1. The second-order valence-electron chi connectivity index (χ2n) is 7.19. The van der Waals surface area contributed by atoms with Crippen molar-refractivity contribution in [2.24, 2.45) is 7.05 Å². The van der Waals surface area contributed by atoms with E-state index in [1.165, 1.54) is 16.1 Å². The zero-order valence-corrected chi connectivity index (χ0v) is 20.2. The molecule has 1 amide bonds. The topological polar surface area (TPSA) is 97.2 Å². The molecule has 0 saturated heterocycles. The molecule has 10 heteroatoms. The molecule has 0 bridgehead atoms. The second-order valence-corrected chi connectivity index (χ2v) is 10.1. The van der Waals surface area contributed by atoms with Gasteiger partial charge in [0.2, 0.25) is 15.9 Å². The molecule has 0 aliphatic heterocycles. The number of nitrogens with one attached hydrogen (secondary N) is 1. The van der Waals surface area contributed by atoms with E-state index in [9.17, 15) is 13.2 Å². The van der Waals surface area contributed by atoms with E-state index in [1.54, 1.807) is 35.9 Å². The van der Waals surface area contributed by atoms with E-state index < -0.39 is 10.0 Å². The van der Waals surface area contributed by atoms with Crippen LogP contribution in [0.25, 0.3) is 11.4 Å². The summed E-state index contributed by atoms with van der Waals surface area (Å²) in [7, 11) is -1.78. The number of sulfonamides is 1. The Bertz CT molecular complexity index is 1200. The summed E-state index contributed by atoms with van der Waals surface area (Å²) in [5.41, 5.74) is 2.46. The van der Waals surface area contributed by atoms with Gasteiger partial charge in [-0.15, -0.1) is 10.2 Å². The Hall–Kier alpha value is -2.69. The van der Waals surface area contributed by atoms with Gasteiger partial charge < -0.3 is 9.88 Å². The Morgan fingerprint density at radius 3 is 2.50 bits per heavy atom. The molecule has 0 atom stereocenters. The molecular formula is C22H27N5O3S2. The summed E-state index contributed by atoms with van der Waals surface area (Å²) in [5, 5.41) is 11.8. The molecule has 1 heterocycles. The number of hydrogen-bond acceptors (Lipinski definition) is 6. The number of benzene rings is 2. The fraction of sp³-hybridized carbons (Fsp3) is 0.318. The maximum atomic E-state index is 12.9. The molecule has 8 nitrogen and oxygen atoms in total. The van der Waals surface area contributed by atoms with Crippen LogP contribution in [-0.4, -0.2) is 52.2 Å². The summed E-state index contributed by atoms with van der Waals surface area (Å²) in [6, 6.07) is 14.3. The summed E-state index contributed by atoms with van der Waals surface area (Å²) in [4.78, 5) is 12.5. The maximum Gasteiger partial charge on any atom is 0.243 e. The molecule has 170 valence electrons. The summed E-state index contributed by atoms with van der Waals surface area (Å²) in [5.74, 6) is 0.566. The van der Waals surface area contributed by atoms with Gasteiger partial charge in [-0.05, 0) is 36.8 Å². The highest BCUT2D eigenvalue weighted by atomic mass is 32.2. The summed E-state index contributed by atoms with van der Waals surface area (Å²) >= 11 is 1.27. The minimum absolute atomic E-state index is 0.141. The van der Waals surface area contributed by atoms with Gasteiger partial charge in [-0.25, -0.2) is 8.42 Å². The normalized spacial score (nSPS) is 11.7. The van der Waals surface area contributed by atoms with Crippen molar-refractivity contribution in [3.8, 4) is 11.4 Å². The van der Waals surface area contributed by atoms with Crippen LogP contribution >= 0.6 is 11.8 Å². The lowest BCUT2D eigenvalue weighted by molar-refractivity contribution is -0.113. The van der Waals surface area contributed by atoms with Crippen LogP contribution in [0, 0.1) is 6.92 Å². The van der Waals surface area contributed by atoms with Crippen LogP contribution in [0.15, 0.2) is 58.6 Å². The number of nitrogens with zero attached hydrogens (tertiary/aromatic N) is 4. The Balaban J connectivity index is 1.74. The number of amides is 1. The van der Waals surface area contributed by atoms with Gasteiger partial charge >= 0.3 is 0 Å². The monoisotopic (exact) mass is 473 g/mol. The second kappa shape index (κ2) is 10.3. The van der Waals surface area contributed by atoms with Crippen LogP contribution in [0.1, 0.15) is 19.4 Å². The van der Waals surface area contributed by atoms with Crippen LogP contribution in [0.2, 0.25) is 0 Å². The highest BCUT2D eigenvalue weighted by Crippen LogP contribution is 2.26. The van der Waals surface area contributed by atoms with E-state index >= 15 is 0 Å². The van der Waals surface area contributed by atoms with Crippen molar-refractivity contribution >= 4 is 33.4 Å². The molecule has 0 radical (unpaired) electrons. The van der Waals surface area contributed by atoms with Crippen molar-refractivity contribution in [3.05, 3.63) is 54.1 Å². The first kappa shape index (κ1) is 24.0. The number of hydrogen-bond donors (Lipinski definition) is 1. The van der Waals surface area contributed by atoms with Gasteiger partial charge in [0.05, 0.1) is 10.6 Å². The van der Waals surface area contributed by atoms with E-state index in [4.69, 9.17) is 0 Å². The average molecular weight is 474 g/mol. The van der Waals surface area contributed by atoms with Crippen molar-refractivity contribution in [1.29, 1.82) is 0 Å². The SMILES string of the molecule is CCN(CC)S(=O)(=O)c1cccc(-c2nnc(SCC(=O)Nc3cccc(C)c3)n2C)c1. The molecule has 0 unspecified atom stereocenters. The average Bonchev–Trinajstić information content (AvgIpc) is 3.13. The van der Waals surface area contributed by atoms with Crippen molar-refractivity contribution < 1.29 is 13.2 Å². The molecule has 0 fully saturated rings. The predicted octanol–water partition coefficient (Wildman–Crippen LogP) is 3.55. The number of anilines is 1. The fourth-order valence-corrected chi connectivity index (χ4v) is 5.47. The minimum Gasteiger partial charge on any atom is -0.325 e. The molecule has 3 rings (SSSR count). The molecule has 1 aromatic heterocycles. The minimum atomic E-state index is -3.57. The summed E-state index contributed by atoms with van der Waals surface area (Å²) < 4.78 is 28.9. The van der Waals surface area contributed by atoms with Gasteiger partial charge in [-0.2, -0.15) is 4.31 Å². The molecule has 3 aromatic rings. The fourth-order valence-electron chi connectivity index (χ4n) is 3.25. The zero-order chi connectivity index (χ0) is 23.3. The first-order valence-corrected chi connectivity index (χ1v) is 12.7. The number of rotatable bonds is 9. The molecular weight excluding hydrogens is 446 g/mol. The maximum absolute atomic E-state index is 12.9. The summed E-state index contributed by atoms with van der Waals surface area (Å²) in [6.07, 6.45) is 0. The van der Waals surface area contributed by atoms with Gasteiger partial charge in [-0.3, -0.25) is 4.79 Å². The van der Waals surface area contributed by atoms with Crippen LogP contribution in [0.3, 0.4) is 0 Å². The van der Waals surface area contributed by atoms with Gasteiger partial charge in [0, 0.05) is 31.4 Å². The van der Waals surface area contributed by atoms with Crippen molar-refractivity contribution in [2.75, 3.05) is 24.2 Å². The Kier molecular flexibility index (Phi) is 7.70. The van der Waals surface area contributed by atoms with E-state index in [2.05, 4.69) is 15.5 Å². The van der Waals surface area contributed by atoms with E-state index in [1.807, 2.05) is 45.0 Å². The van der Waals surface area contributed by atoms with Gasteiger partial charge in [0.15, 0.2) is 11.0 Å². The van der Waals surface area contributed by atoms with Crippen molar-refractivity contribution in [1.82, 2.24) is 19.1 Å². The highest BCUT2D eigenvalue weighted by molar-refractivity contribution is 7.99. The first-order valence-electron chi connectivity index (χ1n) is 10.3. The predicted molar refractivity (Wildman–Crippen MR) is 127 cm³/mol. The standard InChI is InChI=1S/C22H27N5O3S2/c1-5-27(6-2)32(29,30)19-12-8-10-17(14-19)21-24-25-22(26(21)4)31-15-20(28)23-18-11-7-9-16(3)13-18/h7-14H,5-6,15H2,1-4H3,(H,23,28). The summed E-state index contributed by atoms with van der Waals surface area (Å²) in [6.45, 7) is 6.39. The number of aryl methyl sites for hydroxylation is 1. The smallest absolute Gasteiger partial charge is 0.243 e. The molecule has 2 aromatic carbocycles. The van der Waals surface area contributed by atoms with Crippen molar-refractivity contribution in [2.45, 2.75) is 30.8 Å².